The van der Waals surface area contributed by atoms with Gasteiger partial charge in [-0.05, 0) is 52.0 Å². The zero-order chi connectivity index (χ0) is 23.6. The maximum absolute atomic E-state index is 13.0. The molecule has 1 N–H and O–H groups in total. The van der Waals surface area contributed by atoms with Crippen molar-refractivity contribution in [2.75, 3.05) is 19.6 Å². The number of ether oxygens (including phenoxy) is 1. The molecule has 3 saturated heterocycles. The van der Waals surface area contributed by atoms with Crippen molar-refractivity contribution in [3.05, 3.63) is 35.9 Å². The Bertz CT molecular complexity index is 863. The van der Waals surface area contributed by atoms with E-state index in [2.05, 4.69) is 5.32 Å². The Morgan fingerprint density at radius 3 is 2.42 bits per heavy atom. The molecule has 3 heterocycles. The van der Waals surface area contributed by atoms with E-state index in [0.717, 1.165) is 12.0 Å². The molecule has 3 fully saturated rings. The molecule has 3 aliphatic rings. The predicted octanol–water partition coefficient (Wildman–Crippen LogP) is 2.90. The van der Waals surface area contributed by atoms with E-state index in [1.54, 1.807) is 9.80 Å². The molecule has 33 heavy (non-hydrogen) atoms. The number of likely N-dealkylation sites (tertiary alicyclic amines) is 1. The number of rotatable bonds is 5. The molecular formula is C24H34N4O5. The van der Waals surface area contributed by atoms with Crippen LogP contribution < -0.4 is 5.32 Å². The first-order chi connectivity index (χ1) is 15.7. The van der Waals surface area contributed by atoms with Gasteiger partial charge in [-0.3, -0.25) is 9.63 Å². The van der Waals surface area contributed by atoms with E-state index in [1.807, 2.05) is 51.1 Å². The highest BCUT2D eigenvalue weighted by molar-refractivity contribution is 5.88. The summed E-state index contributed by atoms with van der Waals surface area (Å²) < 4.78 is 5.43. The Hall–Kier alpha value is -2.81. The van der Waals surface area contributed by atoms with E-state index in [0.29, 0.717) is 45.5 Å². The van der Waals surface area contributed by atoms with Crippen molar-refractivity contribution in [2.45, 2.75) is 76.8 Å². The lowest BCUT2D eigenvalue weighted by atomic mass is 9.99. The zero-order valence-electron chi connectivity index (χ0n) is 19.7. The van der Waals surface area contributed by atoms with Crippen molar-refractivity contribution >= 4 is 18.0 Å². The fraction of sp³-hybridized carbons (Fsp3) is 0.625. The summed E-state index contributed by atoms with van der Waals surface area (Å²) in [6.07, 6.45) is 2.36. The van der Waals surface area contributed by atoms with E-state index in [4.69, 9.17) is 9.57 Å². The molecule has 2 atom stereocenters. The van der Waals surface area contributed by atoms with Crippen LogP contribution in [0.5, 0.6) is 0 Å². The van der Waals surface area contributed by atoms with E-state index < -0.39 is 11.6 Å². The van der Waals surface area contributed by atoms with Gasteiger partial charge in [-0.15, -0.1) is 0 Å². The average molecular weight is 459 g/mol. The van der Waals surface area contributed by atoms with Crippen LogP contribution in [0.3, 0.4) is 0 Å². The summed E-state index contributed by atoms with van der Waals surface area (Å²) in [6.45, 7) is 7.44. The monoisotopic (exact) mass is 458 g/mol. The SMILES string of the molecule is CC(C)(C)OC(=O)N1CCC(NC(=O)[C@H]2CCC3CN2C(=O)N3OCc2ccccc2)CC1. The minimum Gasteiger partial charge on any atom is -0.444 e. The van der Waals surface area contributed by atoms with E-state index >= 15 is 0 Å². The Morgan fingerprint density at radius 1 is 1.06 bits per heavy atom. The van der Waals surface area contributed by atoms with Crippen molar-refractivity contribution in [1.29, 1.82) is 0 Å². The second-order valence-electron chi connectivity index (χ2n) is 10.0. The number of benzene rings is 1. The molecule has 0 aromatic heterocycles. The molecule has 1 unspecified atom stereocenters. The fourth-order valence-electron chi connectivity index (χ4n) is 4.62. The van der Waals surface area contributed by atoms with Gasteiger partial charge >= 0.3 is 12.1 Å². The summed E-state index contributed by atoms with van der Waals surface area (Å²) in [5.74, 6) is -0.123. The number of urea groups is 1. The van der Waals surface area contributed by atoms with Crippen LogP contribution in [-0.4, -0.2) is 76.3 Å². The first-order valence-corrected chi connectivity index (χ1v) is 11.8. The standard InChI is InChI=1S/C24H34N4O5/c1-24(2,3)33-23(31)26-13-11-18(12-14-26)25-21(29)20-10-9-19-15-27(20)22(30)28(19)32-16-17-7-5-4-6-8-17/h4-8,18-20H,9-16H2,1-3H3,(H,25,29)/t19?,20-/m1/s1. The van der Waals surface area contributed by atoms with Crippen LogP contribution in [0.4, 0.5) is 9.59 Å². The van der Waals surface area contributed by atoms with Gasteiger partial charge in [0, 0.05) is 25.7 Å². The van der Waals surface area contributed by atoms with Crippen LogP contribution in [0.1, 0.15) is 52.0 Å². The Kier molecular flexibility index (Phi) is 6.78. The second-order valence-corrected chi connectivity index (χ2v) is 10.0. The smallest absolute Gasteiger partial charge is 0.410 e. The van der Waals surface area contributed by atoms with Crippen molar-refractivity contribution in [3.63, 3.8) is 0 Å². The molecule has 0 spiro atoms. The third-order valence-corrected chi connectivity index (χ3v) is 6.33. The van der Waals surface area contributed by atoms with Gasteiger partial charge in [0.25, 0.3) is 0 Å². The molecule has 0 radical (unpaired) electrons. The number of hydrogen-bond acceptors (Lipinski definition) is 5. The minimum atomic E-state index is -0.526. The van der Waals surface area contributed by atoms with Crippen molar-refractivity contribution in [2.24, 2.45) is 0 Å². The van der Waals surface area contributed by atoms with Crippen LogP contribution in [0.2, 0.25) is 0 Å². The van der Waals surface area contributed by atoms with Crippen molar-refractivity contribution in [3.8, 4) is 0 Å². The lowest BCUT2D eigenvalue weighted by Gasteiger charge is -2.35. The first kappa shape index (κ1) is 23.4. The van der Waals surface area contributed by atoms with Crippen LogP contribution in [-0.2, 0) is 21.0 Å². The number of piperidine rings is 2. The Balaban J connectivity index is 1.26. The van der Waals surface area contributed by atoms with Crippen LogP contribution in [0, 0.1) is 0 Å². The summed E-state index contributed by atoms with van der Waals surface area (Å²) in [5.41, 5.74) is 0.468. The topological polar surface area (TPSA) is 91.4 Å². The fourth-order valence-corrected chi connectivity index (χ4v) is 4.62. The highest BCUT2D eigenvalue weighted by Crippen LogP contribution is 2.31. The van der Waals surface area contributed by atoms with Gasteiger partial charge in [0.05, 0.1) is 6.04 Å². The Morgan fingerprint density at radius 2 is 1.76 bits per heavy atom. The summed E-state index contributed by atoms with van der Waals surface area (Å²) in [6, 6.07) is 8.95. The molecule has 4 rings (SSSR count). The third kappa shape index (κ3) is 5.58. The summed E-state index contributed by atoms with van der Waals surface area (Å²) in [5, 5.41) is 4.55. The van der Waals surface area contributed by atoms with Gasteiger partial charge in [-0.1, -0.05) is 30.3 Å². The molecule has 9 nitrogen and oxygen atoms in total. The van der Waals surface area contributed by atoms with Crippen molar-refractivity contribution < 1.29 is 24.0 Å². The van der Waals surface area contributed by atoms with E-state index in [9.17, 15) is 14.4 Å². The number of fused-ring (bicyclic) bond motifs is 2. The number of hydroxylamine groups is 2. The molecule has 9 heteroatoms. The molecule has 0 aliphatic carbocycles. The molecule has 3 aliphatic heterocycles. The Labute approximate surface area is 194 Å². The van der Waals surface area contributed by atoms with Gasteiger partial charge in [-0.2, -0.15) is 5.06 Å². The summed E-state index contributed by atoms with van der Waals surface area (Å²) in [4.78, 5) is 47.3. The van der Waals surface area contributed by atoms with Gasteiger partial charge in [0.1, 0.15) is 18.2 Å². The molecule has 2 bridgehead atoms. The van der Waals surface area contributed by atoms with Crippen LogP contribution in [0.25, 0.3) is 0 Å². The zero-order valence-corrected chi connectivity index (χ0v) is 19.7. The maximum Gasteiger partial charge on any atom is 0.410 e. The summed E-state index contributed by atoms with van der Waals surface area (Å²) >= 11 is 0. The third-order valence-electron chi connectivity index (χ3n) is 6.33. The van der Waals surface area contributed by atoms with Gasteiger partial charge in [0.15, 0.2) is 0 Å². The van der Waals surface area contributed by atoms with Gasteiger partial charge in [-0.25, -0.2) is 9.59 Å². The largest absolute Gasteiger partial charge is 0.444 e. The number of carbonyl (C=O) groups excluding carboxylic acids is 3. The highest BCUT2D eigenvalue weighted by Gasteiger charge is 2.48. The molecule has 0 saturated carbocycles. The van der Waals surface area contributed by atoms with Crippen molar-refractivity contribution in [1.82, 2.24) is 20.2 Å². The number of nitrogens with one attached hydrogen (secondary N) is 1. The average Bonchev–Trinajstić information content (AvgIpc) is 3.01. The quantitative estimate of drug-likeness (QED) is 0.733. The summed E-state index contributed by atoms with van der Waals surface area (Å²) in [7, 11) is 0. The molecular weight excluding hydrogens is 424 g/mol. The van der Waals surface area contributed by atoms with E-state index in [-0.39, 0.29) is 30.1 Å². The van der Waals surface area contributed by atoms with Gasteiger partial charge < -0.3 is 19.9 Å². The minimum absolute atomic E-state index is 0.0166. The molecule has 1 aromatic rings. The normalized spacial score (nSPS) is 23.6. The molecule has 180 valence electrons. The molecule has 4 amide bonds. The second kappa shape index (κ2) is 9.59. The van der Waals surface area contributed by atoms with Crippen LogP contribution >= 0.6 is 0 Å². The van der Waals surface area contributed by atoms with Gasteiger partial charge in [0.2, 0.25) is 5.91 Å². The maximum atomic E-state index is 13.0. The predicted molar refractivity (Wildman–Crippen MR) is 121 cm³/mol. The highest BCUT2D eigenvalue weighted by atomic mass is 16.7. The van der Waals surface area contributed by atoms with Crippen LogP contribution in [0.15, 0.2) is 30.3 Å². The number of hydrogen-bond donors (Lipinski definition) is 1. The van der Waals surface area contributed by atoms with E-state index in [1.165, 1.54) is 5.06 Å². The lowest BCUT2D eigenvalue weighted by Crippen LogP contribution is -2.54. The first-order valence-electron chi connectivity index (χ1n) is 11.8. The number of nitrogens with zero attached hydrogens (tertiary/aromatic N) is 3. The number of carbonyl (C=O) groups is 3. The number of amides is 4. The molecule has 1 aromatic carbocycles. The lowest BCUT2D eigenvalue weighted by molar-refractivity contribution is -0.140.